The number of amides is 2. The maximum absolute atomic E-state index is 12.8. The number of halogens is 2. The molecule has 9 nitrogen and oxygen atoms in total. The summed E-state index contributed by atoms with van der Waals surface area (Å²) in [6.07, 6.45) is 0. The second-order valence-electron chi connectivity index (χ2n) is 6.75. The molecule has 0 atom stereocenters. The molecule has 1 aromatic heterocycles. The summed E-state index contributed by atoms with van der Waals surface area (Å²) in [5, 5.41) is 14.0. The Balaban J connectivity index is 1.85. The van der Waals surface area contributed by atoms with Crippen molar-refractivity contribution in [3.05, 3.63) is 74.5 Å². The number of aromatic nitrogens is 3. The van der Waals surface area contributed by atoms with E-state index < -0.39 is 17.8 Å². The number of carbonyl (C=O) groups is 3. The number of methoxy groups -OCH3 is 1. The number of benzene rings is 2. The lowest BCUT2D eigenvalue weighted by molar-refractivity contribution is 0.0600. The van der Waals surface area contributed by atoms with E-state index in [9.17, 15) is 14.4 Å². The van der Waals surface area contributed by atoms with Crippen LogP contribution in [0.4, 0.5) is 5.69 Å². The Kier molecular flexibility index (Phi) is 7.12. The van der Waals surface area contributed by atoms with E-state index in [0.29, 0.717) is 22.3 Å². The van der Waals surface area contributed by atoms with Gasteiger partial charge in [-0.2, -0.15) is 0 Å². The van der Waals surface area contributed by atoms with Crippen LogP contribution in [0.2, 0.25) is 10.0 Å². The minimum atomic E-state index is -0.644. The number of carbonyl (C=O) groups excluding carboxylic acids is 3. The Morgan fingerprint density at radius 2 is 1.75 bits per heavy atom. The van der Waals surface area contributed by atoms with Gasteiger partial charge in [0.2, 0.25) is 0 Å². The van der Waals surface area contributed by atoms with Gasteiger partial charge in [-0.25, -0.2) is 9.48 Å². The molecule has 2 amide bonds. The van der Waals surface area contributed by atoms with Crippen LogP contribution >= 0.6 is 23.2 Å². The van der Waals surface area contributed by atoms with E-state index in [-0.39, 0.29) is 22.5 Å². The second-order valence-corrected chi connectivity index (χ2v) is 7.57. The minimum absolute atomic E-state index is 0.0926. The van der Waals surface area contributed by atoms with E-state index in [1.807, 2.05) is 0 Å². The van der Waals surface area contributed by atoms with Crippen LogP contribution in [0.1, 0.15) is 42.5 Å². The first kappa shape index (κ1) is 23.2. The molecule has 3 aromatic rings. The van der Waals surface area contributed by atoms with Gasteiger partial charge in [-0.1, -0.05) is 34.5 Å². The Morgan fingerprint density at radius 3 is 2.41 bits per heavy atom. The lowest BCUT2D eigenvalue weighted by Crippen LogP contribution is -2.20. The van der Waals surface area contributed by atoms with Crippen molar-refractivity contribution >= 4 is 46.7 Å². The summed E-state index contributed by atoms with van der Waals surface area (Å²) in [7, 11) is 2.68. The van der Waals surface area contributed by atoms with Gasteiger partial charge in [-0.15, -0.1) is 5.10 Å². The van der Waals surface area contributed by atoms with Crippen LogP contribution in [0.5, 0.6) is 0 Å². The number of esters is 1. The van der Waals surface area contributed by atoms with Gasteiger partial charge in [0.15, 0.2) is 5.69 Å². The van der Waals surface area contributed by atoms with Gasteiger partial charge >= 0.3 is 5.97 Å². The van der Waals surface area contributed by atoms with Crippen molar-refractivity contribution < 1.29 is 19.1 Å². The van der Waals surface area contributed by atoms with E-state index in [1.165, 1.54) is 32.4 Å². The molecular weight excluding hydrogens is 457 g/mol. The third-order valence-electron chi connectivity index (χ3n) is 4.62. The monoisotopic (exact) mass is 475 g/mol. The Morgan fingerprint density at radius 1 is 1.03 bits per heavy atom. The first-order chi connectivity index (χ1) is 15.2. The summed E-state index contributed by atoms with van der Waals surface area (Å²) in [5.74, 6) is -1.61. The summed E-state index contributed by atoms with van der Waals surface area (Å²) >= 11 is 12.0. The number of anilines is 1. The molecule has 0 saturated carbocycles. The van der Waals surface area contributed by atoms with Crippen molar-refractivity contribution in [2.75, 3.05) is 19.5 Å². The average molecular weight is 476 g/mol. The van der Waals surface area contributed by atoms with Crippen LogP contribution in [-0.4, -0.2) is 46.9 Å². The van der Waals surface area contributed by atoms with Crippen LogP contribution in [0.25, 0.3) is 0 Å². The lowest BCUT2D eigenvalue weighted by atomic mass is 10.1. The number of rotatable bonds is 6. The Labute approximate surface area is 193 Å². The molecule has 1 heterocycles. The van der Waals surface area contributed by atoms with E-state index in [0.717, 1.165) is 5.56 Å². The summed E-state index contributed by atoms with van der Waals surface area (Å²) in [6, 6.07) is 9.41. The zero-order valence-electron chi connectivity index (χ0n) is 17.4. The first-order valence-electron chi connectivity index (χ1n) is 9.34. The highest BCUT2D eigenvalue weighted by molar-refractivity contribution is 6.42. The van der Waals surface area contributed by atoms with Crippen LogP contribution in [0, 0.1) is 6.92 Å². The zero-order chi connectivity index (χ0) is 23.4. The average Bonchev–Trinajstić information content (AvgIpc) is 3.14. The maximum Gasteiger partial charge on any atom is 0.337 e. The SMILES string of the molecule is CNC(=O)c1cc(NC(=O)c2nnn(Cc3ccc(Cl)c(Cl)c3)c2C)cc(C(=O)OC)c1. The molecule has 0 spiro atoms. The summed E-state index contributed by atoms with van der Waals surface area (Å²) in [4.78, 5) is 36.8. The smallest absolute Gasteiger partial charge is 0.337 e. The zero-order valence-corrected chi connectivity index (χ0v) is 18.9. The van der Waals surface area contributed by atoms with Crippen molar-refractivity contribution in [2.45, 2.75) is 13.5 Å². The molecule has 3 rings (SSSR count). The molecule has 0 fully saturated rings. The fourth-order valence-corrected chi connectivity index (χ4v) is 3.25. The maximum atomic E-state index is 12.8. The van der Waals surface area contributed by atoms with Gasteiger partial charge in [-0.3, -0.25) is 9.59 Å². The molecule has 0 saturated heterocycles. The topological polar surface area (TPSA) is 115 Å². The molecule has 2 aromatic carbocycles. The molecule has 0 unspecified atom stereocenters. The predicted octanol–water partition coefficient (Wildman–Crippen LogP) is 3.34. The molecule has 11 heteroatoms. The molecule has 0 aliphatic rings. The highest BCUT2D eigenvalue weighted by Crippen LogP contribution is 2.23. The van der Waals surface area contributed by atoms with E-state index in [1.54, 1.807) is 29.8 Å². The number of nitrogens with one attached hydrogen (secondary N) is 2. The molecule has 32 heavy (non-hydrogen) atoms. The lowest BCUT2D eigenvalue weighted by Gasteiger charge is -2.09. The van der Waals surface area contributed by atoms with E-state index >= 15 is 0 Å². The van der Waals surface area contributed by atoms with Crippen molar-refractivity contribution in [3.8, 4) is 0 Å². The van der Waals surface area contributed by atoms with Gasteiger partial charge in [0.05, 0.1) is 35.0 Å². The number of ether oxygens (including phenoxy) is 1. The third kappa shape index (κ3) is 5.06. The summed E-state index contributed by atoms with van der Waals surface area (Å²) in [6.45, 7) is 2.04. The molecule has 0 radical (unpaired) electrons. The van der Waals surface area contributed by atoms with Gasteiger partial charge in [-0.05, 0) is 42.8 Å². The standard InChI is InChI=1S/C21H19Cl2N5O4/c1-11-18(26-27-28(11)10-12-4-5-16(22)17(23)6-12)20(30)25-15-8-13(19(29)24-2)7-14(9-15)21(31)32-3/h4-9H,10H2,1-3H3,(H,24,29)(H,25,30). The van der Waals surface area contributed by atoms with Gasteiger partial charge in [0.25, 0.3) is 11.8 Å². The molecule has 0 aliphatic carbocycles. The quantitative estimate of drug-likeness (QED) is 0.528. The highest BCUT2D eigenvalue weighted by Gasteiger charge is 2.19. The first-order valence-corrected chi connectivity index (χ1v) is 10.1. The molecule has 0 aliphatic heterocycles. The van der Waals surface area contributed by atoms with Crippen molar-refractivity contribution in [3.63, 3.8) is 0 Å². The summed E-state index contributed by atoms with van der Waals surface area (Å²) < 4.78 is 6.27. The van der Waals surface area contributed by atoms with Crippen LogP contribution in [0.15, 0.2) is 36.4 Å². The third-order valence-corrected chi connectivity index (χ3v) is 5.35. The highest BCUT2D eigenvalue weighted by atomic mass is 35.5. The molecule has 166 valence electrons. The van der Waals surface area contributed by atoms with Crippen LogP contribution < -0.4 is 10.6 Å². The largest absolute Gasteiger partial charge is 0.465 e. The van der Waals surface area contributed by atoms with Crippen molar-refractivity contribution in [1.29, 1.82) is 0 Å². The van der Waals surface area contributed by atoms with E-state index in [2.05, 4.69) is 20.9 Å². The Hall–Kier alpha value is -3.43. The fraction of sp³-hybridized carbons (Fsp3) is 0.190. The Bertz CT molecular complexity index is 1170. The minimum Gasteiger partial charge on any atom is -0.465 e. The fourth-order valence-electron chi connectivity index (χ4n) is 2.93. The number of nitrogens with zero attached hydrogens (tertiary/aromatic N) is 3. The van der Waals surface area contributed by atoms with Gasteiger partial charge < -0.3 is 15.4 Å². The number of hydrogen-bond acceptors (Lipinski definition) is 6. The second kappa shape index (κ2) is 9.80. The number of hydrogen-bond donors (Lipinski definition) is 2. The van der Waals surface area contributed by atoms with Gasteiger partial charge in [0, 0.05) is 18.3 Å². The molecular formula is C21H19Cl2N5O4. The predicted molar refractivity (Wildman–Crippen MR) is 119 cm³/mol. The van der Waals surface area contributed by atoms with Crippen molar-refractivity contribution in [2.24, 2.45) is 0 Å². The van der Waals surface area contributed by atoms with E-state index in [4.69, 9.17) is 27.9 Å². The molecule has 2 N–H and O–H groups in total. The normalized spacial score (nSPS) is 10.5. The summed E-state index contributed by atoms with van der Waals surface area (Å²) in [5.41, 5.74) is 1.98. The van der Waals surface area contributed by atoms with Crippen molar-refractivity contribution in [1.82, 2.24) is 20.3 Å². The van der Waals surface area contributed by atoms with Gasteiger partial charge in [0.1, 0.15) is 0 Å². The van der Waals surface area contributed by atoms with Crippen LogP contribution in [-0.2, 0) is 11.3 Å². The van der Waals surface area contributed by atoms with Crippen LogP contribution in [0.3, 0.4) is 0 Å². The molecule has 0 bridgehead atoms.